The van der Waals surface area contributed by atoms with Crippen LogP contribution in [0.15, 0.2) is 53.4 Å². The van der Waals surface area contributed by atoms with Crippen LogP contribution >= 0.6 is 0 Å². The minimum Gasteiger partial charge on any atom is -0.312 e. The third-order valence-electron chi connectivity index (χ3n) is 4.20. The number of nitrogens with zero attached hydrogens (tertiary/aromatic N) is 1. The van der Waals surface area contributed by atoms with Crippen molar-refractivity contribution in [3.05, 3.63) is 59.7 Å². The highest BCUT2D eigenvalue weighted by molar-refractivity contribution is 7.91. The van der Waals surface area contributed by atoms with E-state index < -0.39 is 9.84 Å². The number of fused-ring (bicyclic) bond motifs is 1. The second kappa shape index (κ2) is 6.16. The van der Waals surface area contributed by atoms with Crippen molar-refractivity contribution in [1.82, 2.24) is 0 Å². The van der Waals surface area contributed by atoms with Gasteiger partial charge in [-0.3, -0.25) is 4.79 Å². The van der Waals surface area contributed by atoms with Crippen LogP contribution in [0.3, 0.4) is 0 Å². The molecule has 0 saturated heterocycles. The molecule has 120 valence electrons. The van der Waals surface area contributed by atoms with E-state index in [1.807, 2.05) is 18.2 Å². The molecule has 3 rings (SSSR count). The number of hydrogen-bond acceptors (Lipinski definition) is 3. The summed E-state index contributed by atoms with van der Waals surface area (Å²) in [5.74, 6) is 0.0428. The van der Waals surface area contributed by atoms with E-state index in [2.05, 4.69) is 0 Å². The van der Waals surface area contributed by atoms with E-state index in [0.29, 0.717) is 17.9 Å². The third kappa shape index (κ3) is 3.15. The van der Waals surface area contributed by atoms with E-state index in [0.717, 1.165) is 23.2 Å². The van der Waals surface area contributed by atoms with Gasteiger partial charge < -0.3 is 4.90 Å². The molecule has 0 saturated carbocycles. The van der Waals surface area contributed by atoms with Crippen molar-refractivity contribution in [2.75, 3.05) is 17.2 Å². The molecule has 1 amide bonds. The zero-order chi connectivity index (χ0) is 16.4. The summed E-state index contributed by atoms with van der Waals surface area (Å²) in [6.07, 6.45) is 1.23. The Bertz CT molecular complexity index is 829. The molecular weight excluding hydrogens is 310 g/mol. The largest absolute Gasteiger partial charge is 0.312 e. The second-order valence-corrected chi connectivity index (χ2v) is 7.84. The Kier molecular flexibility index (Phi) is 4.22. The van der Waals surface area contributed by atoms with Gasteiger partial charge in [0.15, 0.2) is 9.84 Å². The van der Waals surface area contributed by atoms with Crippen LogP contribution in [0.25, 0.3) is 0 Å². The van der Waals surface area contributed by atoms with Gasteiger partial charge in [-0.1, -0.05) is 36.4 Å². The lowest BCUT2D eigenvalue weighted by atomic mass is 10.1. The van der Waals surface area contributed by atoms with Gasteiger partial charge in [0, 0.05) is 13.5 Å². The zero-order valence-electron chi connectivity index (χ0n) is 13.0. The fraction of sp³-hybridized carbons (Fsp3) is 0.278. The summed E-state index contributed by atoms with van der Waals surface area (Å²) in [5, 5.41) is 0. The highest BCUT2D eigenvalue weighted by Crippen LogP contribution is 2.32. The molecule has 4 nitrogen and oxygen atoms in total. The van der Waals surface area contributed by atoms with E-state index in [4.69, 9.17) is 0 Å². The van der Waals surface area contributed by atoms with E-state index in [1.165, 1.54) is 0 Å². The number of amides is 1. The van der Waals surface area contributed by atoms with Crippen LogP contribution in [0.1, 0.15) is 18.1 Å². The molecule has 0 radical (unpaired) electrons. The Morgan fingerprint density at radius 2 is 1.83 bits per heavy atom. The first-order chi connectivity index (χ1) is 11.0. The molecule has 0 aliphatic carbocycles. The summed E-state index contributed by atoms with van der Waals surface area (Å²) in [6.45, 7) is 2.22. The van der Waals surface area contributed by atoms with Gasteiger partial charge in [0.2, 0.25) is 5.91 Å². The van der Waals surface area contributed by atoms with Gasteiger partial charge in [-0.25, -0.2) is 8.42 Å². The summed E-state index contributed by atoms with van der Waals surface area (Å²) >= 11 is 0. The molecular formula is C18H19NO3S. The Morgan fingerprint density at radius 3 is 2.52 bits per heavy atom. The molecule has 0 bridgehead atoms. The van der Waals surface area contributed by atoms with Crippen molar-refractivity contribution < 1.29 is 13.2 Å². The first-order valence-electron chi connectivity index (χ1n) is 7.66. The Balaban J connectivity index is 1.85. The quantitative estimate of drug-likeness (QED) is 0.866. The van der Waals surface area contributed by atoms with Gasteiger partial charge >= 0.3 is 0 Å². The van der Waals surface area contributed by atoms with E-state index in [1.54, 1.807) is 42.2 Å². The molecule has 0 unspecified atom stereocenters. The monoisotopic (exact) mass is 329 g/mol. The molecule has 1 aliphatic heterocycles. The fourth-order valence-electron chi connectivity index (χ4n) is 3.04. The molecule has 23 heavy (non-hydrogen) atoms. The number of carbonyl (C=O) groups excluding carboxylic acids is 1. The van der Waals surface area contributed by atoms with Crippen LogP contribution in [-0.2, 0) is 27.5 Å². The smallest absolute Gasteiger partial charge is 0.223 e. The van der Waals surface area contributed by atoms with Crippen molar-refractivity contribution in [3.8, 4) is 0 Å². The average molecular weight is 329 g/mol. The van der Waals surface area contributed by atoms with Gasteiger partial charge in [-0.15, -0.1) is 0 Å². The topological polar surface area (TPSA) is 54.5 Å². The summed E-state index contributed by atoms with van der Waals surface area (Å²) in [6, 6.07) is 14.4. The van der Waals surface area contributed by atoms with Crippen molar-refractivity contribution in [2.24, 2.45) is 0 Å². The van der Waals surface area contributed by atoms with Gasteiger partial charge in [0.25, 0.3) is 0 Å². The number of sulfone groups is 1. The maximum absolute atomic E-state index is 12.4. The molecule has 0 spiro atoms. The van der Waals surface area contributed by atoms with Gasteiger partial charge in [-0.2, -0.15) is 0 Å². The number of rotatable bonds is 4. The molecule has 0 N–H and O–H groups in total. The maximum Gasteiger partial charge on any atom is 0.223 e. The van der Waals surface area contributed by atoms with Crippen LogP contribution in [0.2, 0.25) is 0 Å². The van der Waals surface area contributed by atoms with E-state index in [-0.39, 0.29) is 11.7 Å². The highest BCUT2D eigenvalue weighted by Gasteiger charge is 2.25. The Labute approximate surface area is 136 Å². The minimum atomic E-state index is -3.32. The number of anilines is 1. The predicted octanol–water partition coefficient (Wildman–Crippen LogP) is 2.61. The van der Waals surface area contributed by atoms with Gasteiger partial charge in [-0.05, 0) is 36.1 Å². The standard InChI is InChI=1S/C18H19NO3S/c1-14(20)19-12-10-15-6-5-7-16(18(15)19)11-13-23(21,22)17-8-3-2-4-9-17/h2-9H,10-13H2,1H3. The van der Waals surface area contributed by atoms with Crippen LogP contribution in [0.4, 0.5) is 5.69 Å². The van der Waals surface area contributed by atoms with Crippen LogP contribution in [0.5, 0.6) is 0 Å². The Hall–Kier alpha value is -2.14. The normalized spacial score (nSPS) is 13.9. The zero-order valence-corrected chi connectivity index (χ0v) is 13.8. The summed E-state index contributed by atoms with van der Waals surface area (Å²) in [7, 11) is -3.32. The average Bonchev–Trinajstić information content (AvgIpc) is 2.99. The number of para-hydroxylation sites is 1. The van der Waals surface area contributed by atoms with E-state index in [9.17, 15) is 13.2 Å². The van der Waals surface area contributed by atoms with Crippen molar-refractivity contribution >= 4 is 21.4 Å². The second-order valence-electron chi connectivity index (χ2n) is 5.73. The fourth-order valence-corrected chi connectivity index (χ4v) is 4.34. The molecule has 0 fully saturated rings. The lowest BCUT2D eigenvalue weighted by Crippen LogP contribution is -2.27. The number of hydrogen-bond donors (Lipinski definition) is 0. The van der Waals surface area contributed by atoms with Crippen LogP contribution < -0.4 is 4.90 Å². The van der Waals surface area contributed by atoms with Crippen molar-refractivity contribution in [1.29, 1.82) is 0 Å². The van der Waals surface area contributed by atoms with Gasteiger partial charge in [0.1, 0.15) is 0 Å². The number of aryl methyl sites for hydroxylation is 1. The molecule has 2 aromatic rings. The third-order valence-corrected chi connectivity index (χ3v) is 5.93. The van der Waals surface area contributed by atoms with Crippen molar-refractivity contribution in [3.63, 3.8) is 0 Å². The number of carbonyl (C=O) groups is 1. The Morgan fingerprint density at radius 1 is 1.09 bits per heavy atom. The van der Waals surface area contributed by atoms with Crippen LogP contribution in [-0.4, -0.2) is 26.6 Å². The summed E-state index contributed by atoms with van der Waals surface area (Å²) in [4.78, 5) is 13.9. The lowest BCUT2D eigenvalue weighted by molar-refractivity contribution is -0.116. The van der Waals surface area contributed by atoms with E-state index >= 15 is 0 Å². The van der Waals surface area contributed by atoms with Crippen molar-refractivity contribution in [2.45, 2.75) is 24.7 Å². The predicted molar refractivity (Wildman–Crippen MR) is 90.4 cm³/mol. The molecule has 1 aliphatic rings. The lowest BCUT2D eigenvalue weighted by Gasteiger charge is -2.18. The highest BCUT2D eigenvalue weighted by atomic mass is 32.2. The summed E-state index contributed by atoms with van der Waals surface area (Å²) in [5.41, 5.74) is 2.95. The molecule has 0 atom stereocenters. The number of benzene rings is 2. The molecule has 0 aromatic heterocycles. The SMILES string of the molecule is CC(=O)N1CCc2cccc(CCS(=O)(=O)c3ccccc3)c21. The summed E-state index contributed by atoms with van der Waals surface area (Å²) < 4.78 is 24.9. The van der Waals surface area contributed by atoms with Crippen LogP contribution in [0, 0.1) is 0 Å². The molecule has 2 aromatic carbocycles. The maximum atomic E-state index is 12.4. The minimum absolute atomic E-state index is 0.00196. The van der Waals surface area contributed by atoms with Gasteiger partial charge in [0.05, 0.1) is 16.3 Å². The first-order valence-corrected chi connectivity index (χ1v) is 9.31. The molecule has 5 heteroatoms. The first kappa shape index (κ1) is 15.7. The molecule has 1 heterocycles.